The molecule has 1 saturated heterocycles. The van der Waals surface area contributed by atoms with E-state index in [1.54, 1.807) is 6.07 Å². The van der Waals surface area contributed by atoms with Crippen LogP contribution in [0, 0.1) is 0 Å². The summed E-state index contributed by atoms with van der Waals surface area (Å²) in [4.78, 5) is 22.4. The molecule has 0 spiro atoms. The number of alkyl halides is 3. The van der Waals surface area contributed by atoms with Crippen LogP contribution in [0.1, 0.15) is 35.1 Å². The Balaban J connectivity index is 0.000000262. The van der Waals surface area contributed by atoms with Crippen LogP contribution in [-0.2, 0) is 17.3 Å². The Labute approximate surface area is 176 Å². The van der Waals surface area contributed by atoms with Gasteiger partial charge in [0, 0.05) is 25.0 Å². The van der Waals surface area contributed by atoms with E-state index in [1.165, 1.54) is 6.20 Å². The van der Waals surface area contributed by atoms with Crippen LogP contribution in [0.3, 0.4) is 0 Å². The Morgan fingerprint density at radius 3 is 2.58 bits per heavy atom. The van der Waals surface area contributed by atoms with Crippen molar-refractivity contribution in [1.82, 2.24) is 20.3 Å². The Hall–Kier alpha value is -2.83. The first-order valence-corrected chi connectivity index (χ1v) is 9.47. The van der Waals surface area contributed by atoms with Crippen LogP contribution in [0.5, 0.6) is 0 Å². The second kappa shape index (κ2) is 11.0. The lowest BCUT2D eigenvalue weighted by molar-refractivity contribution is -0.141. The van der Waals surface area contributed by atoms with Gasteiger partial charge in [-0.3, -0.25) is 14.8 Å². The number of nitrogens with two attached hydrogens (primary N) is 1. The highest BCUT2D eigenvalue weighted by molar-refractivity contribution is 5.93. The van der Waals surface area contributed by atoms with Crippen molar-refractivity contribution < 1.29 is 32.9 Å². The van der Waals surface area contributed by atoms with Crippen LogP contribution >= 0.6 is 0 Å². The number of nitrogens with zero attached hydrogens (tertiary/aromatic N) is 3. The van der Waals surface area contributed by atoms with E-state index in [1.807, 2.05) is 13.0 Å². The van der Waals surface area contributed by atoms with Crippen molar-refractivity contribution >= 4 is 11.7 Å². The van der Waals surface area contributed by atoms with E-state index in [4.69, 9.17) is 10.5 Å². The number of anilines is 1. The van der Waals surface area contributed by atoms with Gasteiger partial charge in [0.1, 0.15) is 18.0 Å². The van der Waals surface area contributed by atoms with Crippen LogP contribution in [-0.4, -0.2) is 62.5 Å². The first kappa shape index (κ1) is 24.4. The number of aliphatic hydroxyl groups is 2. The summed E-state index contributed by atoms with van der Waals surface area (Å²) >= 11 is 0. The third-order valence-electron chi connectivity index (χ3n) is 4.38. The highest BCUT2D eigenvalue weighted by Gasteiger charge is 2.33. The molecule has 12 heteroatoms. The summed E-state index contributed by atoms with van der Waals surface area (Å²) in [6.45, 7) is 2.54. The Kier molecular flexibility index (Phi) is 8.65. The fourth-order valence-electron chi connectivity index (χ4n) is 2.62. The van der Waals surface area contributed by atoms with Crippen LogP contribution in [0.15, 0.2) is 30.7 Å². The molecule has 0 bridgehead atoms. The van der Waals surface area contributed by atoms with Gasteiger partial charge in [0.05, 0.1) is 24.1 Å². The third-order valence-corrected chi connectivity index (χ3v) is 4.38. The smallest absolute Gasteiger partial charge is 0.390 e. The number of aromatic nitrogens is 3. The zero-order chi connectivity index (χ0) is 23.0. The monoisotopic (exact) mass is 443 g/mol. The molecule has 0 aliphatic carbocycles. The number of hydrogen-bond acceptors (Lipinski definition) is 8. The fraction of sp³-hybridized carbons (Fsp3) is 0.474. The Morgan fingerprint density at radius 2 is 2.03 bits per heavy atom. The van der Waals surface area contributed by atoms with E-state index in [0.29, 0.717) is 24.8 Å². The van der Waals surface area contributed by atoms with Crippen LogP contribution in [0.4, 0.5) is 19.0 Å². The molecular weight excluding hydrogens is 419 g/mol. The molecular formula is C19H24F3N5O4. The summed E-state index contributed by atoms with van der Waals surface area (Å²) in [7, 11) is 0. The molecule has 1 fully saturated rings. The number of aryl methyl sites for hydroxylation is 1. The van der Waals surface area contributed by atoms with Gasteiger partial charge in [-0.15, -0.1) is 0 Å². The molecule has 9 nitrogen and oxygen atoms in total. The minimum absolute atomic E-state index is 0.159. The van der Waals surface area contributed by atoms with E-state index in [2.05, 4.69) is 20.3 Å². The van der Waals surface area contributed by atoms with Gasteiger partial charge in [-0.05, 0) is 25.0 Å². The summed E-state index contributed by atoms with van der Waals surface area (Å²) in [5.41, 5.74) is 5.30. The maximum atomic E-state index is 11.9. The third kappa shape index (κ3) is 7.42. The van der Waals surface area contributed by atoms with Crippen molar-refractivity contribution in [2.24, 2.45) is 0 Å². The molecule has 1 aliphatic rings. The first-order chi connectivity index (χ1) is 14.6. The number of ether oxygens (including phenoxy) is 1. The minimum atomic E-state index is -4.47. The van der Waals surface area contributed by atoms with Gasteiger partial charge < -0.3 is 26.0 Å². The standard InChI is InChI=1S/C14H20N2O4.C5H4F3N3/c1-2-10-4-3-9(7-15-10)14(19)16-8-12-13(18)11(17)5-6-20-12;6-5(7,8)3-1-10-2-4(9)11-3/h3-4,7,11-13,17-18H,2,5-6,8H2,1H3,(H,16,19);1-2H,(H2,9,11). The summed E-state index contributed by atoms with van der Waals surface area (Å²) in [6, 6.07) is 3.53. The zero-order valence-electron chi connectivity index (χ0n) is 16.7. The average Bonchev–Trinajstić information content (AvgIpc) is 2.74. The van der Waals surface area contributed by atoms with Gasteiger partial charge >= 0.3 is 6.18 Å². The lowest BCUT2D eigenvalue weighted by Crippen LogP contribution is -2.49. The summed E-state index contributed by atoms with van der Waals surface area (Å²) in [5.74, 6) is -0.504. The highest BCUT2D eigenvalue weighted by atomic mass is 19.4. The van der Waals surface area contributed by atoms with Crippen molar-refractivity contribution in [3.05, 3.63) is 47.7 Å². The topological polar surface area (TPSA) is 143 Å². The number of aliphatic hydroxyl groups excluding tert-OH is 2. The number of halogens is 3. The molecule has 5 N–H and O–H groups in total. The molecule has 1 aliphatic heterocycles. The predicted molar refractivity (Wildman–Crippen MR) is 104 cm³/mol. The molecule has 2 aromatic heterocycles. The molecule has 170 valence electrons. The zero-order valence-corrected chi connectivity index (χ0v) is 16.7. The molecule has 1 amide bonds. The number of pyridine rings is 1. The number of nitrogens with one attached hydrogen (secondary N) is 1. The molecule has 2 aromatic rings. The predicted octanol–water partition coefficient (Wildman–Crippen LogP) is 0.962. The second-order valence-electron chi connectivity index (χ2n) is 6.68. The van der Waals surface area contributed by atoms with Gasteiger partial charge in [0.15, 0.2) is 5.69 Å². The number of carbonyl (C=O) groups excluding carboxylic acids is 1. The molecule has 0 aromatic carbocycles. The van der Waals surface area contributed by atoms with Crippen molar-refractivity contribution in [2.45, 2.75) is 44.3 Å². The maximum Gasteiger partial charge on any atom is 0.434 e. The lowest BCUT2D eigenvalue weighted by atomic mass is 10.0. The largest absolute Gasteiger partial charge is 0.434 e. The van der Waals surface area contributed by atoms with Gasteiger partial charge in [-0.1, -0.05) is 6.92 Å². The second-order valence-corrected chi connectivity index (χ2v) is 6.68. The average molecular weight is 443 g/mol. The first-order valence-electron chi connectivity index (χ1n) is 9.47. The Morgan fingerprint density at radius 1 is 1.29 bits per heavy atom. The van der Waals surface area contributed by atoms with E-state index < -0.39 is 30.2 Å². The molecule has 3 unspecified atom stereocenters. The Bertz CT molecular complexity index is 851. The summed E-state index contributed by atoms with van der Waals surface area (Å²) in [6.07, 6.45) is -2.38. The number of carbonyl (C=O) groups is 1. The fourth-order valence-corrected chi connectivity index (χ4v) is 2.62. The normalized spacial score (nSPS) is 21.0. The maximum absolute atomic E-state index is 11.9. The quantitative estimate of drug-likeness (QED) is 0.547. The molecule has 0 radical (unpaired) electrons. The van der Waals surface area contributed by atoms with Crippen molar-refractivity contribution in [3.63, 3.8) is 0 Å². The van der Waals surface area contributed by atoms with E-state index in [0.717, 1.165) is 18.3 Å². The summed E-state index contributed by atoms with van der Waals surface area (Å²) in [5, 5.41) is 22.0. The van der Waals surface area contributed by atoms with Crippen LogP contribution in [0.25, 0.3) is 0 Å². The molecule has 31 heavy (non-hydrogen) atoms. The molecule has 0 saturated carbocycles. The van der Waals surface area contributed by atoms with Gasteiger partial charge in [-0.25, -0.2) is 4.98 Å². The van der Waals surface area contributed by atoms with Crippen molar-refractivity contribution in [3.8, 4) is 0 Å². The van der Waals surface area contributed by atoms with Gasteiger partial charge in [-0.2, -0.15) is 13.2 Å². The number of rotatable bonds is 4. The van der Waals surface area contributed by atoms with Gasteiger partial charge in [0.25, 0.3) is 5.91 Å². The highest BCUT2D eigenvalue weighted by Crippen LogP contribution is 2.26. The lowest BCUT2D eigenvalue weighted by Gasteiger charge is -2.32. The number of amides is 1. The number of nitrogen functional groups attached to an aromatic ring is 1. The van der Waals surface area contributed by atoms with E-state index in [-0.39, 0.29) is 18.3 Å². The van der Waals surface area contributed by atoms with Crippen molar-refractivity contribution in [1.29, 1.82) is 0 Å². The van der Waals surface area contributed by atoms with Crippen LogP contribution in [0.2, 0.25) is 0 Å². The molecule has 3 heterocycles. The minimum Gasteiger partial charge on any atom is -0.390 e. The van der Waals surface area contributed by atoms with Crippen molar-refractivity contribution in [2.75, 3.05) is 18.9 Å². The SMILES string of the molecule is CCc1ccc(C(=O)NCC2OCCC(O)C2O)cn1.Nc1cncc(C(F)(F)F)n1. The summed E-state index contributed by atoms with van der Waals surface area (Å²) < 4.78 is 40.8. The van der Waals surface area contributed by atoms with Crippen LogP contribution < -0.4 is 11.1 Å². The van der Waals surface area contributed by atoms with E-state index in [9.17, 15) is 28.2 Å². The molecule has 3 atom stereocenters. The van der Waals surface area contributed by atoms with E-state index >= 15 is 0 Å². The molecule has 3 rings (SSSR count). The van der Waals surface area contributed by atoms with Gasteiger partial charge in [0.2, 0.25) is 0 Å². The number of hydrogen-bond donors (Lipinski definition) is 4.